The number of hydrogen-bond acceptors (Lipinski definition) is 2. The van der Waals surface area contributed by atoms with E-state index in [0.29, 0.717) is 6.04 Å². The predicted octanol–water partition coefficient (Wildman–Crippen LogP) is 3.88. The van der Waals surface area contributed by atoms with Gasteiger partial charge >= 0.3 is 0 Å². The van der Waals surface area contributed by atoms with E-state index in [9.17, 15) is 0 Å². The minimum Gasteiger partial charge on any atom is -0.306 e. The molecule has 0 bridgehead atoms. The third-order valence-corrected chi connectivity index (χ3v) is 4.77. The van der Waals surface area contributed by atoms with Crippen molar-refractivity contribution in [1.82, 2.24) is 10.2 Å². The first-order chi connectivity index (χ1) is 9.13. The van der Waals surface area contributed by atoms with E-state index in [-0.39, 0.29) is 6.04 Å². The van der Waals surface area contributed by atoms with Crippen molar-refractivity contribution in [3.05, 3.63) is 33.8 Å². The molecule has 19 heavy (non-hydrogen) atoms. The topological polar surface area (TPSA) is 15.3 Å². The first-order valence-electron chi connectivity index (χ1n) is 7.08. The highest BCUT2D eigenvalue weighted by Crippen LogP contribution is 2.31. The summed E-state index contributed by atoms with van der Waals surface area (Å²) in [6.45, 7) is 4.57. The number of likely N-dealkylation sites (tertiary alicyclic amines) is 1. The number of halogens is 2. The Labute approximate surface area is 125 Å². The normalized spacial score (nSPS) is 25.7. The summed E-state index contributed by atoms with van der Waals surface area (Å²) in [5, 5.41) is 5.23. The van der Waals surface area contributed by atoms with Crippen molar-refractivity contribution in [2.45, 2.75) is 44.3 Å². The van der Waals surface area contributed by atoms with E-state index in [0.717, 1.165) is 21.7 Å². The molecular weight excluding hydrogens is 279 g/mol. The van der Waals surface area contributed by atoms with Crippen LogP contribution in [0.25, 0.3) is 0 Å². The van der Waals surface area contributed by atoms with Gasteiger partial charge in [0, 0.05) is 41.3 Å². The molecule has 3 rings (SSSR count). The Balaban J connectivity index is 1.61. The molecule has 1 aromatic carbocycles. The van der Waals surface area contributed by atoms with Gasteiger partial charge in [0.2, 0.25) is 0 Å². The largest absolute Gasteiger partial charge is 0.306 e. The van der Waals surface area contributed by atoms with E-state index in [1.165, 1.54) is 32.4 Å². The summed E-state index contributed by atoms with van der Waals surface area (Å²) in [6.07, 6.45) is 4.02. The van der Waals surface area contributed by atoms with E-state index in [1.54, 1.807) is 0 Å². The molecule has 4 heteroatoms. The first-order valence-corrected chi connectivity index (χ1v) is 7.84. The third kappa shape index (κ3) is 3.25. The number of nitrogens with zero attached hydrogens (tertiary/aromatic N) is 1. The fraction of sp³-hybridized carbons (Fsp3) is 0.600. The lowest BCUT2D eigenvalue weighted by molar-refractivity contribution is 0.313. The average Bonchev–Trinajstić information content (AvgIpc) is 3.13. The third-order valence-electron chi connectivity index (χ3n) is 4.19. The van der Waals surface area contributed by atoms with Crippen molar-refractivity contribution >= 4 is 23.2 Å². The highest BCUT2D eigenvalue weighted by molar-refractivity contribution is 6.33. The Morgan fingerprint density at radius 3 is 2.79 bits per heavy atom. The molecule has 1 heterocycles. The van der Waals surface area contributed by atoms with Gasteiger partial charge in [-0.15, -0.1) is 0 Å². The van der Waals surface area contributed by atoms with E-state index in [1.807, 2.05) is 18.2 Å². The van der Waals surface area contributed by atoms with Crippen LogP contribution in [0.1, 0.15) is 37.8 Å². The number of hydrogen-bond donors (Lipinski definition) is 1. The maximum absolute atomic E-state index is 6.26. The highest BCUT2D eigenvalue weighted by Gasteiger charge is 2.34. The first kappa shape index (κ1) is 13.7. The summed E-state index contributed by atoms with van der Waals surface area (Å²) in [5.41, 5.74) is 1.10. The number of benzene rings is 1. The Kier molecular flexibility index (Phi) is 4.04. The maximum atomic E-state index is 6.26. The van der Waals surface area contributed by atoms with Crippen LogP contribution in [0.15, 0.2) is 18.2 Å². The van der Waals surface area contributed by atoms with Gasteiger partial charge in [-0.1, -0.05) is 23.2 Å². The van der Waals surface area contributed by atoms with Crippen LogP contribution in [0.4, 0.5) is 0 Å². The Bertz CT molecular complexity index is 459. The lowest BCUT2D eigenvalue weighted by atomic mass is 10.1. The van der Waals surface area contributed by atoms with Crippen LogP contribution >= 0.6 is 23.2 Å². The van der Waals surface area contributed by atoms with Gasteiger partial charge in [-0.25, -0.2) is 0 Å². The monoisotopic (exact) mass is 298 g/mol. The van der Waals surface area contributed by atoms with E-state index in [4.69, 9.17) is 23.2 Å². The van der Waals surface area contributed by atoms with E-state index < -0.39 is 0 Å². The molecular formula is C15H20Cl2N2. The van der Waals surface area contributed by atoms with Gasteiger partial charge in [0.1, 0.15) is 0 Å². The highest BCUT2D eigenvalue weighted by atomic mass is 35.5. The van der Waals surface area contributed by atoms with Crippen molar-refractivity contribution in [1.29, 1.82) is 0 Å². The molecule has 1 aliphatic heterocycles. The molecule has 2 atom stereocenters. The van der Waals surface area contributed by atoms with Crippen molar-refractivity contribution in [2.75, 3.05) is 13.1 Å². The summed E-state index contributed by atoms with van der Waals surface area (Å²) in [6, 6.07) is 7.38. The van der Waals surface area contributed by atoms with Crippen molar-refractivity contribution < 1.29 is 0 Å². The van der Waals surface area contributed by atoms with Crippen LogP contribution in [-0.4, -0.2) is 30.1 Å². The molecule has 1 aromatic rings. The summed E-state index contributed by atoms with van der Waals surface area (Å²) < 4.78 is 0. The van der Waals surface area contributed by atoms with Crippen LogP contribution in [-0.2, 0) is 0 Å². The predicted molar refractivity (Wildman–Crippen MR) is 81.0 cm³/mol. The SMILES string of the molecule is CC(NC1CCN(C2CC2)C1)c1cc(Cl)ccc1Cl. The molecule has 0 amide bonds. The summed E-state index contributed by atoms with van der Waals surface area (Å²) in [7, 11) is 0. The fourth-order valence-electron chi connectivity index (χ4n) is 2.98. The summed E-state index contributed by atoms with van der Waals surface area (Å²) in [4.78, 5) is 2.62. The van der Waals surface area contributed by atoms with Gasteiger partial charge in [-0.3, -0.25) is 4.90 Å². The lowest BCUT2D eigenvalue weighted by Crippen LogP contribution is -2.35. The van der Waals surface area contributed by atoms with Gasteiger partial charge < -0.3 is 5.32 Å². The molecule has 104 valence electrons. The van der Waals surface area contributed by atoms with Gasteiger partial charge in [-0.05, 0) is 49.9 Å². The van der Waals surface area contributed by atoms with Crippen LogP contribution in [0.2, 0.25) is 10.0 Å². The Hall–Kier alpha value is -0.280. The average molecular weight is 299 g/mol. The molecule has 2 fully saturated rings. The molecule has 1 aliphatic carbocycles. The maximum Gasteiger partial charge on any atom is 0.0454 e. The van der Waals surface area contributed by atoms with Crippen molar-refractivity contribution in [3.63, 3.8) is 0 Å². The second-order valence-electron chi connectivity index (χ2n) is 5.77. The quantitative estimate of drug-likeness (QED) is 0.907. The molecule has 1 saturated heterocycles. The minimum atomic E-state index is 0.246. The zero-order valence-corrected chi connectivity index (χ0v) is 12.7. The zero-order chi connectivity index (χ0) is 13.4. The van der Waals surface area contributed by atoms with Crippen molar-refractivity contribution in [3.8, 4) is 0 Å². The molecule has 1 saturated carbocycles. The standard InChI is InChI=1S/C15H20Cl2N2/c1-10(14-8-11(16)2-5-15(14)17)18-12-6-7-19(9-12)13-3-4-13/h2,5,8,10,12-13,18H,3-4,6-7,9H2,1H3. The second-order valence-corrected chi connectivity index (χ2v) is 6.61. The lowest BCUT2D eigenvalue weighted by Gasteiger charge is -2.21. The van der Waals surface area contributed by atoms with E-state index >= 15 is 0 Å². The van der Waals surface area contributed by atoms with Crippen LogP contribution in [0.3, 0.4) is 0 Å². The Morgan fingerprint density at radius 1 is 1.26 bits per heavy atom. The molecule has 0 radical (unpaired) electrons. The molecule has 2 aliphatic rings. The molecule has 0 spiro atoms. The summed E-state index contributed by atoms with van der Waals surface area (Å²) in [5.74, 6) is 0. The van der Waals surface area contributed by atoms with Gasteiger partial charge in [0.15, 0.2) is 0 Å². The Morgan fingerprint density at radius 2 is 2.05 bits per heavy atom. The number of rotatable bonds is 4. The molecule has 2 unspecified atom stereocenters. The van der Waals surface area contributed by atoms with Gasteiger partial charge in [0.05, 0.1) is 0 Å². The van der Waals surface area contributed by atoms with E-state index in [2.05, 4.69) is 17.1 Å². The smallest absolute Gasteiger partial charge is 0.0454 e. The zero-order valence-electron chi connectivity index (χ0n) is 11.2. The number of nitrogens with one attached hydrogen (secondary N) is 1. The van der Waals surface area contributed by atoms with Crippen LogP contribution in [0, 0.1) is 0 Å². The second kappa shape index (κ2) is 5.61. The van der Waals surface area contributed by atoms with Gasteiger partial charge in [-0.2, -0.15) is 0 Å². The van der Waals surface area contributed by atoms with Crippen molar-refractivity contribution in [2.24, 2.45) is 0 Å². The molecule has 0 aromatic heterocycles. The molecule has 2 nitrogen and oxygen atoms in total. The summed E-state index contributed by atoms with van der Waals surface area (Å²) >= 11 is 12.3. The fourth-order valence-corrected chi connectivity index (χ4v) is 3.45. The van der Waals surface area contributed by atoms with Crippen LogP contribution < -0.4 is 5.32 Å². The minimum absolute atomic E-state index is 0.246. The van der Waals surface area contributed by atoms with Crippen LogP contribution in [0.5, 0.6) is 0 Å². The van der Waals surface area contributed by atoms with Gasteiger partial charge in [0.25, 0.3) is 0 Å². The molecule has 1 N–H and O–H groups in total.